The van der Waals surface area contributed by atoms with Crippen LogP contribution in [0.3, 0.4) is 0 Å². The lowest BCUT2D eigenvalue weighted by Gasteiger charge is -2.17. The van der Waals surface area contributed by atoms with Crippen molar-refractivity contribution in [1.29, 1.82) is 0 Å². The Hall–Kier alpha value is -1.43. The molecular weight excluding hydrogens is 228 g/mol. The molecule has 86 valence electrons. The van der Waals surface area contributed by atoms with Gasteiger partial charge >= 0.3 is 0 Å². The monoisotopic (exact) mass is 240 g/mol. The van der Waals surface area contributed by atoms with E-state index in [0.29, 0.717) is 12.1 Å². The number of rotatable bonds is 0. The molecule has 0 N–H and O–H groups in total. The Labute approximate surface area is 94.0 Å². The summed E-state index contributed by atoms with van der Waals surface area (Å²) in [6, 6.07) is 3.37. The quantitative estimate of drug-likeness (QED) is 0.650. The minimum Gasteiger partial charge on any atom is -0.337 e. The predicted octanol–water partition coefficient (Wildman–Crippen LogP) is 0.217. The van der Waals surface area contributed by atoms with Gasteiger partial charge in [-0.2, -0.15) is 0 Å². The van der Waals surface area contributed by atoms with Gasteiger partial charge in [0.1, 0.15) is 0 Å². The molecule has 0 aromatic carbocycles. The van der Waals surface area contributed by atoms with Crippen LogP contribution in [-0.2, 0) is 21.2 Å². The fourth-order valence-corrected chi connectivity index (χ4v) is 3.11. The molecule has 1 aliphatic heterocycles. The number of hydrogen-bond acceptors (Lipinski definition) is 4. The molecule has 0 saturated heterocycles. The number of fused-ring (bicyclic) bond motifs is 1. The van der Waals surface area contributed by atoms with Gasteiger partial charge in [-0.3, -0.25) is 4.79 Å². The molecule has 0 aliphatic carbocycles. The van der Waals surface area contributed by atoms with Crippen LogP contribution in [0.25, 0.3) is 0 Å². The van der Waals surface area contributed by atoms with E-state index in [4.69, 9.17) is 0 Å². The molecule has 16 heavy (non-hydrogen) atoms. The Bertz CT molecular complexity index is 525. The lowest BCUT2D eigenvalue weighted by Crippen LogP contribution is -2.30. The Kier molecular flexibility index (Phi) is 2.67. The van der Waals surface area contributed by atoms with E-state index < -0.39 is 9.84 Å². The van der Waals surface area contributed by atoms with Crippen LogP contribution in [0.4, 0.5) is 0 Å². The highest BCUT2D eigenvalue weighted by molar-refractivity contribution is 7.91. The van der Waals surface area contributed by atoms with E-state index in [1.54, 1.807) is 12.1 Å². The van der Waals surface area contributed by atoms with Crippen molar-refractivity contribution >= 4 is 15.7 Å². The summed E-state index contributed by atoms with van der Waals surface area (Å²) in [6.45, 7) is 1.99. The van der Waals surface area contributed by atoms with Gasteiger partial charge in [-0.15, -0.1) is 0 Å². The molecule has 0 saturated carbocycles. The van der Waals surface area contributed by atoms with Crippen LogP contribution in [0.1, 0.15) is 12.5 Å². The van der Waals surface area contributed by atoms with Gasteiger partial charge in [0.15, 0.2) is 14.9 Å². The predicted molar refractivity (Wildman–Crippen MR) is 57.4 cm³/mol. The molecule has 2 heterocycles. The molecule has 6 heteroatoms. The standard InChI is InChI=1S/C10H12N2O3S/c1-8(13)12-5-6-16(14,15)10-9(7-12)3-2-4-11-10/h2-4H,5-7H2,1H3. The molecule has 0 unspecified atom stereocenters. The van der Waals surface area contributed by atoms with Gasteiger partial charge in [0.05, 0.1) is 5.75 Å². The van der Waals surface area contributed by atoms with Gasteiger partial charge in [0.2, 0.25) is 5.91 Å². The molecule has 1 amide bonds. The van der Waals surface area contributed by atoms with E-state index in [0.717, 1.165) is 0 Å². The number of amides is 1. The van der Waals surface area contributed by atoms with Crippen LogP contribution in [-0.4, -0.2) is 36.5 Å². The third-order valence-electron chi connectivity index (χ3n) is 2.58. The Morgan fingerprint density at radius 3 is 2.94 bits per heavy atom. The van der Waals surface area contributed by atoms with Crippen molar-refractivity contribution in [2.24, 2.45) is 0 Å². The highest BCUT2D eigenvalue weighted by Gasteiger charge is 2.27. The van der Waals surface area contributed by atoms with E-state index in [1.807, 2.05) is 0 Å². The molecule has 0 fully saturated rings. The van der Waals surface area contributed by atoms with Crippen molar-refractivity contribution < 1.29 is 13.2 Å². The fraction of sp³-hybridized carbons (Fsp3) is 0.400. The summed E-state index contributed by atoms with van der Waals surface area (Å²) in [5.74, 6) is -0.178. The first-order valence-corrected chi connectivity index (χ1v) is 6.58. The SMILES string of the molecule is CC(=O)N1CCS(=O)(=O)c2ncccc2C1. The van der Waals surface area contributed by atoms with Gasteiger partial charge in [-0.05, 0) is 6.07 Å². The van der Waals surface area contributed by atoms with Crippen LogP contribution in [0.15, 0.2) is 23.4 Å². The third-order valence-corrected chi connectivity index (χ3v) is 4.26. The zero-order valence-corrected chi connectivity index (χ0v) is 9.70. The van der Waals surface area contributed by atoms with Gasteiger partial charge in [-0.25, -0.2) is 13.4 Å². The molecule has 2 rings (SSSR count). The summed E-state index contributed by atoms with van der Waals surface area (Å²) in [6.07, 6.45) is 1.46. The number of pyridine rings is 1. The molecule has 1 aromatic heterocycles. The average molecular weight is 240 g/mol. The maximum absolute atomic E-state index is 11.9. The zero-order valence-electron chi connectivity index (χ0n) is 8.88. The smallest absolute Gasteiger partial charge is 0.219 e. The second-order valence-corrected chi connectivity index (χ2v) is 5.75. The maximum atomic E-state index is 11.9. The van der Waals surface area contributed by atoms with Crippen molar-refractivity contribution in [3.05, 3.63) is 23.9 Å². The topological polar surface area (TPSA) is 67.3 Å². The van der Waals surface area contributed by atoms with E-state index in [2.05, 4.69) is 4.98 Å². The summed E-state index contributed by atoms with van der Waals surface area (Å²) in [7, 11) is -3.35. The van der Waals surface area contributed by atoms with Crippen molar-refractivity contribution in [2.75, 3.05) is 12.3 Å². The summed E-state index contributed by atoms with van der Waals surface area (Å²) < 4.78 is 23.7. The number of aromatic nitrogens is 1. The summed E-state index contributed by atoms with van der Waals surface area (Å²) >= 11 is 0. The Morgan fingerprint density at radius 2 is 2.25 bits per heavy atom. The first kappa shape index (κ1) is 11.1. The number of hydrogen-bond donors (Lipinski definition) is 0. The molecule has 1 aliphatic rings. The van der Waals surface area contributed by atoms with Crippen molar-refractivity contribution in [1.82, 2.24) is 9.88 Å². The first-order chi connectivity index (χ1) is 7.50. The van der Waals surface area contributed by atoms with Gasteiger partial charge < -0.3 is 4.90 Å². The molecule has 1 aromatic rings. The van der Waals surface area contributed by atoms with Crippen LogP contribution in [0.5, 0.6) is 0 Å². The van der Waals surface area contributed by atoms with E-state index >= 15 is 0 Å². The van der Waals surface area contributed by atoms with Crippen molar-refractivity contribution in [3.8, 4) is 0 Å². The second kappa shape index (κ2) is 3.86. The Balaban J connectivity index is 2.51. The second-order valence-electron chi connectivity index (χ2n) is 3.73. The third kappa shape index (κ3) is 1.92. The number of carbonyl (C=O) groups excluding carboxylic acids is 1. The van der Waals surface area contributed by atoms with Crippen molar-refractivity contribution in [3.63, 3.8) is 0 Å². The van der Waals surface area contributed by atoms with Gasteiger partial charge in [0.25, 0.3) is 0 Å². The first-order valence-electron chi connectivity index (χ1n) is 4.93. The van der Waals surface area contributed by atoms with Gasteiger partial charge in [0, 0.05) is 31.8 Å². The number of sulfone groups is 1. The number of carbonyl (C=O) groups is 1. The van der Waals surface area contributed by atoms with Crippen molar-refractivity contribution in [2.45, 2.75) is 18.5 Å². The molecular formula is C10H12N2O3S. The highest BCUT2D eigenvalue weighted by Crippen LogP contribution is 2.19. The molecule has 0 atom stereocenters. The van der Waals surface area contributed by atoms with Crippen LogP contribution in [0.2, 0.25) is 0 Å². The minimum absolute atomic E-state index is 0.0589. The molecule has 0 bridgehead atoms. The minimum atomic E-state index is -3.35. The zero-order chi connectivity index (χ0) is 11.8. The number of nitrogens with zero attached hydrogens (tertiary/aromatic N) is 2. The summed E-state index contributed by atoms with van der Waals surface area (Å²) in [5, 5.41) is 0.110. The normalized spacial score (nSPS) is 18.7. The van der Waals surface area contributed by atoms with E-state index in [-0.39, 0.29) is 23.2 Å². The largest absolute Gasteiger partial charge is 0.337 e. The summed E-state index contributed by atoms with van der Waals surface area (Å²) in [4.78, 5) is 16.7. The highest BCUT2D eigenvalue weighted by atomic mass is 32.2. The summed E-state index contributed by atoms with van der Waals surface area (Å²) in [5.41, 5.74) is 0.593. The lowest BCUT2D eigenvalue weighted by atomic mass is 10.2. The molecule has 0 spiro atoms. The van der Waals surface area contributed by atoms with E-state index in [9.17, 15) is 13.2 Å². The van der Waals surface area contributed by atoms with Crippen LogP contribution >= 0.6 is 0 Å². The maximum Gasteiger partial charge on any atom is 0.219 e. The lowest BCUT2D eigenvalue weighted by molar-refractivity contribution is -0.129. The fourth-order valence-electron chi connectivity index (χ4n) is 1.70. The van der Waals surface area contributed by atoms with Gasteiger partial charge in [-0.1, -0.05) is 6.07 Å². The van der Waals surface area contributed by atoms with Crippen LogP contribution in [0, 0.1) is 0 Å². The van der Waals surface area contributed by atoms with E-state index in [1.165, 1.54) is 18.0 Å². The Morgan fingerprint density at radius 1 is 1.50 bits per heavy atom. The molecule has 0 radical (unpaired) electrons. The average Bonchev–Trinajstić information content (AvgIpc) is 2.36. The van der Waals surface area contributed by atoms with Crippen LogP contribution < -0.4 is 0 Å². The molecule has 5 nitrogen and oxygen atoms in total.